The molecule has 2 rings (SSSR count). The van der Waals surface area contributed by atoms with E-state index in [4.69, 9.17) is 27.9 Å². The van der Waals surface area contributed by atoms with E-state index in [2.05, 4.69) is 0 Å². The summed E-state index contributed by atoms with van der Waals surface area (Å²) in [6.45, 7) is 2.94. The van der Waals surface area contributed by atoms with Gasteiger partial charge in [0.2, 0.25) is 10.0 Å². The molecule has 0 amide bonds. The van der Waals surface area contributed by atoms with E-state index in [9.17, 15) is 13.2 Å². The van der Waals surface area contributed by atoms with Gasteiger partial charge in [0, 0.05) is 13.1 Å². The van der Waals surface area contributed by atoms with E-state index in [0.717, 1.165) is 12.8 Å². The van der Waals surface area contributed by atoms with Crippen LogP contribution >= 0.6 is 23.2 Å². The molecule has 8 heteroatoms. The van der Waals surface area contributed by atoms with Gasteiger partial charge in [-0.05, 0) is 31.4 Å². The first-order valence-electron chi connectivity index (χ1n) is 7.98. The van der Waals surface area contributed by atoms with E-state index in [0.29, 0.717) is 19.4 Å². The van der Waals surface area contributed by atoms with Crippen molar-refractivity contribution in [2.24, 2.45) is 5.92 Å². The lowest BCUT2D eigenvalue weighted by atomic mass is 9.98. The molecule has 134 valence electrons. The van der Waals surface area contributed by atoms with E-state index in [1.165, 1.54) is 16.4 Å². The number of sulfonamides is 1. The lowest BCUT2D eigenvalue weighted by Gasteiger charge is -2.30. The highest BCUT2D eigenvalue weighted by Gasteiger charge is 2.34. The zero-order valence-corrected chi connectivity index (χ0v) is 15.8. The van der Waals surface area contributed by atoms with Gasteiger partial charge in [-0.15, -0.1) is 0 Å². The molecule has 0 saturated carbocycles. The molecular formula is C16H21Cl2NO4S. The van der Waals surface area contributed by atoms with Crippen molar-refractivity contribution in [1.82, 2.24) is 4.31 Å². The van der Waals surface area contributed by atoms with Crippen LogP contribution in [0.4, 0.5) is 0 Å². The number of rotatable bonds is 6. The summed E-state index contributed by atoms with van der Waals surface area (Å²) in [5.41, 5.74) is 0. The Morgan fingerprint density at radius 2 is 1.83 bits per heavy atom. The fourth-order valence-corrected chi connectivity index (χ4v) is 5.19. The summed E-state index contributed by atoms with van der Waals surface area (Å²) >= 11 is 12.0. The van der Waals surface area contributed by atoms with E-state index >= 15 is 0 Å². The monoisotopic (exact) mass is 393 g/mol. The molecule has 0 aliphatic carbocycles. The van der Waals surface area contributed by atoms with Crippen LogP contribution in [-0.4, -0.2) is 38.4 Å². The van der Waals surface area contributed by atoms with Crippen LogP contribution in [0.5, 0.6) is 0 Å². The van der Waals surface area contributed by atoms with Crippen molar-refractivity contribution in [2.75, 3.05) is 19.7 Å². The Hall–Kier alpha value is -0.820. The van der Waals surface area contributed by atoms with E-state index in [1.54, 1.807) is 6.07 Å². The van der Waals surface area contributed by atoms with Gasteiger partial charge in [-0.1, -0.05) is 42.6 Å². The third-order valence-corrected chi connectivity index (χ3v) is 6.90. The number of unbranched alkanes of at least 4 members (excludes halogenated alkanes) is 1. The van der Waals surface area contributed by atoms with Gasteiger partial charge in [-0.3, -0.25) is 4.79 Å². The molecule has 0 radical (unpaired) electrons. The summed E-state index contributed by atoms with van der Waals surface area (Å²) in [4.78, 5) is 11.9. The summed E-state index contributed by atoms with van der Waals surface area (Å²) in [5.74, 6) is -0.494. The summed E-state index contributed by atoms with van der Waals surface area (Å²) in [5, 5.41) is 0.201. The number of hydrogen-bond acceptors (Lipinski definition) is 4. The molecule has 0 atom stereocenters. The van der Waals surface area contributed by atoms with E-state index in [-0.39, 0.29) is 39.9 Å². The van der Waals surface area contributed by atoms with Gasteiger partial charge < -0.3 is 4.74 Å². The van der Waals surface area contributed by atoms with Crippen LogP contribution in [0, 0.1) is 5.92 Å². The van der Waals surface area contributed by atoms with Crippen molar-refractivity contribution >= 4 is 39.2 Å². The van der Waals surface area contributed by atoms with E-state index in [1.807, 2.05) is 6.92 Å². The fourth-order valence-electron chi connectivity index (χ4n) is 2.62. The Balaban J connectivity index is 2.02. The summed E-state index contributed by atoms with van der Waals surface area (Å²) in [6.07, 6.45) is 2.67. The molecule has 1 aliphatic heterocycles. The molecular weight excluding hydrogens is 373 g/mol. The topological polar surface area (TPSA) is 63.7 Å². The second-order valence-corrected chi connectivity index (χ2v) is 8.44. The molecule has 1 aromatic rings. The van der Waals surface area contributed by atoms with Gasteiger partial charge in [0.05, 0.1) is 22.6 Å². The highest BCUT2D eigenvalue weighted by atomic mass is 35.5. The average Bonchev–Trinajstić information content (AvgIpc) is 2.54. The summed E-state index contributed by atoms with van der Waals surface area (Å²) in [7, 11) is -3.78. The van der Waals surface area contributed by atoms with Crippen molar-refractivity contribution in [3.63, 3.8) is 0 Å². The predicted molar refractivity (Wildman–Crippen MR) is 93.8 cm³/mol. The maximum atomic E-state index is 12.8. The van der Waals surface area contributed by atoms with Crippen LogP contribution in [-0.2, 0) is 19.6 Å². The molecule has 0 bridgehead atoms. The van der Waals surface area contributed by atoms with Crippen molar-refractivity contribution in [2.45, 2.75) is 37.5 Å². The van der Waals surface area contributed by atoms with Crippen LogP contribution in [0.25, 0.3) is 0 Å². The highest BCUT2D eigenvalue weighted by Crippen LogP contribution is 2.33. The molecule has 1 saturated heterocycles. The third-order valence-electron chi connectivity index (χ3n) is 4.05. The van der Waals surface area contributed by atoms with E-state index < -0.39 is 10.0 Å². The average molecular weight is 394 g/mol. The minimum atomic E-state index is -3.78. The Morgan fingerprint density at radius 1 is 1.25 bits per heavy atom. The highest BCUT2D eigenvalue weighted by molar-refractivity contribution is 7.89. The first kappa shape index (κ1) is 19.5. The quantitative estimate of drug-likeness (QED) is 0.545. The number of halogens is 2. The minimum Gasteiger partial charge on any atom is -0.465 e. The molecule has 5 nitrogen and oxygen atoms in total. The number of hydrogen-bond donors (Lipinski definition) is 0. The molecule has 0 unspecified atom stereocenters. The second kappa shape index (κ2) is 8.52. The first-order valence-corrected chi connectivity index (χ1v) is 10.2. The smallest absolute Gasteiger partial charge is 0.309 e. The van der Waals surface area contributed by atoms with Gasteiger partial charge in [-0.25, -0.2) is 8.42 Å². The van der Waals surface area contributed by atoms with Crippen LogP contribution in [0.3, 0.4) is 0 Å². The summed E-state index contributed by atoms with van der Waals surface area (Å²) in [6, 6.07) is 4.60. The third kappa shape index (κ3) is 4.42. The van der Waals surface area contributed by atoms with Crippen molar-refractivity contribution in [3.8, 4) is 0 Å². The first-order chi connectivity index (χ1) is 11.4. The van der Waals surface area contributed by atoms with Crippen molar-refractivity contribution in [3.05, 3.63) is 28.2 Å². The number of carbonyl (C=O) groups excluding carboxylic acids is 1. The van der Waals surface area contributed by atoms with Gasteiger partial charge in [0.1, 0.15) is 4.90 Å². The molecule has 1 heterocycles. The SMILES string of the molecule is CCCCOC(=O)C1CCN(S(=O)(=O)c2c(Cl)cccc2Cl)CC1. The molecule has 1 aliphatic rings. The summed E-state index contributed by atoms with van der Waals surface area (Å²) < 4.78 is 32.1. The van der Waals surface area contributed by atoms with Gasteiger partial charge in [0.25, 0.3) is 0 Å². The lowest BCUT2D eigenvalue weighted by Crippen LogP contribution is -2.40. The van der Waals surface area contributed by atoms with Crippen LogP contribution in [0.15, 0.2) is 23.1 Å². The van der Waals surface area contributed by atoms with Crippen LogP contribution < -0.4 is 0 Å². The molecule has 1 fully saturated rings. The molecule has 24 heavy (non-hydrogen) atoms. The Kier molecular flexibility index (Phi) is 6.92. The Labute approximate surface area is 152 Å². The zero-order valence-electron chi connectivity index (χ0n) is 13.5. The predicted octanol–water partition coefficient (Wildman–Crippen LogP) is 3.74. The molecule has 0 aromatic heterocycles. The number of esters is 1. The standard InChI is InChI=1S/C16H21Cl2NO4S/c1-2-3-11-23-16(20)12-7-9-19(10-8-12)24(21,22)15-13(17)5-4-6-14(15)18/h4-6,12H,2-3,7-11H2,1H3. The maximum absolute atomic E-state index is 12.8. The Morgan fingerprint density at radius 3 is 2.38 bits per heavy atom. The number of nitrogens with zero attached hydrogens (tertiary/aromatic N) is 1. The Bertz CT molecular complexity index is 665. The normalized spacial score (nSPS) is 17.0. The minimum absolute atomic E-state index is 0.0719. The van der Waals surface area contributed by atoms with Gasteiger partial charge >= 0.3 is 5.97 Å². The van der Waals surface area contributed by atoms with Crippen molar-refractivity contribution in [1.29, 1.82) is 0 Å². The maximum Gasteiger partial charge on any atom is 0.309 e. The lowest BCUT2D eigenvalue weighted by molar-refractivity contribution is -0.149. The second-order valence-electron chi connectivity index (χ2n) is 5.75. The number of ether oxygens (including phenoxy) is 1. The van der Waals surface area contributed by atoms with Crippen LogP contribution in [0.1, 0.15) is 32.6 Å². The van der Waals surface area contributed by atoms with Gasteiger partial charge in [0.15, 0.2) is 0 Å². The van der Waals surface area contributed by atoms with Crippen molar-refractivity contribution < 1.29 is 17.9 Å². The number of carbonyl (C=O) groups is 1. The molecule has 1 aromatic carbocycles. The zero-order chi connectivity index (χ0) is 17.7. The molecule has 0 N–H and O–H groups in total. The number of benzene rings is 1. The van der Waals surface area contributed by atoms with Gasteiger partial charge in [-0.2, -0.15) is 4.31 Å². The fraction of sp³-hybridized carbons (Fsp3) is 0.562. The number of piperidine rings is 1. The van der Waals surface area contributed by atoms with Crippen LogP contribution in [0.2, 0.25) is 10.0 Å². The molecule has 0 spiro atoms. The largest absolute Gasteiger partial charge is 0.465 e.